The van der Waals surface area contributed by atoms with E-state index in [0.717, 1.165) is 49.5 Å². The number of rotatable bonds is 5. The highest BCUT2D eigenvalue weighted by molar-refractivity contribution is 7.16. The molecule has 4 nitrogen and oxygen atoms in total. The van der Waals surface area contributed by atoms with Crippen LogP contribution in [0.15, 0.2) is 12.1 Å². The second-order valence-electron chi connectivity index (χ2n) is 9.22. The maximum atomic E-state index is 13.0. The molecule has 2 heterocycles. The summed E-state index contributed by atoms with van der Waals surface area (Å²) in [4.78, 5) is 19.0. The van der Waals surface area contributed by atoms with Crippen molar-refractivity contribution in [2.75, 3.05) is 40.9 Å². The molecule has 2 saturated carbocycles. The Hall–Kier alpha value is -0.620. The van der Waals surface area contributed by atoms with Gasteiger partial charge in [0.05, 0.1) is 21.9 Å². The van der Waals surface area contributed by atoms with Crippen molar-refractivity contribution in [1.82, 2.24) is 9.80 Å². The van der Waals surface area contributed by atoms with Crippen molar-refractivity contribution in [1.29, 1.82) is 0 Å². The van der Waals surface area contributed by atoms with Crippen LogP contribution in [0.2, 0.25) is 4.34 Å². The van der Waals surface area contributed by atoms with E-state index >= 15 is 0 Å². The molecule has 0 N–H and O–H groups in total. The number of halogens is 1. The van der Waals surface area contributed by atoms with E-state index < -0.39 is 0 Å². The average molecular weight is 411 g/mol. The minimum absolute atomic E-state index is 0.0915. The Morgan fingerprint density at radius 3 is 2.41 bits per heavy atom. The minimum Gasteiger partial charge on any atom is -0.384 e. The molecule has 0 atom stereocenters. The summed E-state index contributed by atoms with van der Waals surface area (Å²) in [6, 6.07) is 4.23. The Bertz CT molecular complexity index is 705. The second kappa shape index (κ2) is 7.01. The normalized spacial score (nSPS) is 32.4. The highest BCUT2D eigenvalue weighted by Crippen LogP contribution is 2.55. The standard InChI is InChI=1S/C21H31ClN2O2S/c1-23(2)21(16-4-5-17(22)27-16)10-6-19(7-11-21)12-13-24(14-19)18(25)20(8-9-20)15-26-3/h4-5H,6-15H2,1-3H3. The van der Waals surface area contributed by atoms with Crippen LogP contribution in [0.1, 0.15) is 49.8 Å². The number of nitrogens with zero attached hydrogens (tertiary/aromatic N) is 2. The minimum atomic E-state index is -0.198. The number of hydrogen-bond donors (Lipinski definition) is 0. The Labute approximate surface area is 171 Å². The fourth-order valence-corrected chi connectivity index (χ4v) is 6.74. The van der Waals surface area contributed by atoms with Gasteiger partial charge in [-0.2, -0.15) is 0 Å². The molecule has 3 aliphatic rings. The summed E-state index contributed by atoms with van der Waals surface area (Å²) in [5, 5.41) is 0. The molecule has 0 aromatic carbocycles. The summed E-state index contributed by atoms with van der Waals surface area (Å²) in [5.41, 5.74) is 0.198. The van der Waals surface area contributed by atoms with E-state index in [2.05, 4.69) is 30.0 Å². The number of ether oxygens (including phenoxy) is 1. The van der Waals surface area contributed by atoms with E-state index in [-0.39, 0.29) is 11.0 Å². The van der Waals surface area contributed by atoms with E-state index in [1.165, 1.54) is 17.7 Å². The maximum absolute atomic E-state index is 13.0. The molecule has 6 heteroatoms. The van der Waals surface area contributed by atoms with Crippen LogP contribution < -0.4 is 0 Å². The lowest BCUT2D eigenvalue weighted by Crippen LogP contribution is -2.47. The molecule has 0 radical (unpaired) electrons. The highest BCUT2D eigenvalue weighted by Gasteiger charge is 2.55. The van der Waals surface area contributed by atoms with Crippen molar-refractivity contribution in [3.05, 3.63) is 21.3 Å². The fourth-order valence-electron chi connectivity index (χ4n) is 5.37. The van der Waals surface area contributed by atoms with Crippen molar-refractivity contribution >= 4 is 28.8 Å². The van der Waals surface area contributed by atoms with Gasteiger partial charge < -0.3 is 9.64 Å². The Morgan fingerprint density at radius 1 is 1.19 bits per heavy atom. The molecule has 4 rings (SSSR count). The first-order chi connectivity index (χ1) is 12.8. The Kier molecular flexibility index (Phi) is 5.11. The zero-order valence-corrected chi connectivity index (χ0v) is 18.3. The summed E-state index contributed by atoms with van der Waals surface area (Å²) in [5.74, 6) is 0.343. The number of hydrogen-bond acceptors (Lipinski definition) is 4. The van der Waals surface area contributed by atoms with E-state index in [0.29, 0.717) is 17.9 Å². The maximum Gasteiger partial charge on any atom is 0.231 e. The molecule has 0 unspecified atom stereocenters. The largest absolute Gasteiger partial charge is 0.384 e. The number of carbonyl (C=O) groups is 1. The molecular weight excluding hydrogens is 380 g/mol. The van der Waals surface area contributed by atoms with Gasteiger partial charge in [-0.15, -0.1) is 11.3 Å². The van der Waals surface area contributed by atoms with Crippen LogP contribution in [-0.2, 0) is 15.1 Å². The number of likely N-dealkylation sites (tertiary alicyclic amines) is 1. The zero-order chi connectivity index (χ0) is 19.3. The van der Waals surface area contributed by atoms with Gasteiger partial charge in [-0.3, -0.25) is 9.69 Å². The molecule has 1 amide bonds. The van der Waals surface area contributed by atoms with Crippen LogP contribution in [0.5, 0.6) is 0 Å². The third-order valence-electron chi connectivity index (χ3n) is 7.48. The highest BCUT2D eigenvalue weighted by atomic mass is 35.5. The fraction of sp³-hybridized carbons (Fsp3) is 0.762. The van der Waals surface area contributed by atoms with Crippen LogP contribution in [0.25, 0.3) is 0 Å². The van der Waals surface area contributed by atoms with Crippen LogP contribution in [-0.4, -0.2) is 56.6 Å². The first kappa shape index (κ1) is 19.7. The van der Waals surface area contributed by atoms with E-state index in [4.69, 9.17) is 16.3 Å². The monoisotopic (exact) mass is 410 g/mol. The lowest BCUT2D eigenvalue weighted by molar-refractivity contribution is -0.138. The first-order valence-electron chi connectivity index (χ1n) is 10.1. The van der Waals surface area contributed by atoms with Crippen molar-refractivity contribution in [2.45, 2.75) is 50.5 Å². The molecule has 0 bridgehead atoms. The first-order valence-corrected chi connectivity index (χ1v) is 11.3. The van der Waals surface area contributed by atoms with E-state index in [1.54, 1.807) is 18.4 Å². The van der Waals surface area contributed by atoms with Gasteiger partial charge in [0.2, 0.25) is 5.91 Å². The van der Waals surface area contributed by atoms with Crippen LogP contribution in [0, 0.1) is 10.8 Å². The van der Waals surface area contributed by atoms with Gasteiger partial charge in [0.15, 0.2) is 0 Å². The summed E-state index contributed by atoms with van der Waals surface area (Å²) in [7, 11) is 6.09. The molecule has 3 fully saturated rings. The third kappa shape index (κ3) is 3.35. The van der Waals surface area contributed by atoms with Crippen molar-refractivity contribution in [3.8, 4) is 0 Å². The number of thiophene rings is 1. The van der Waals surface area contributed by atoms with Gasteiger partial charge in [-0.05, 0) is 76.6 Å². The van der Waals surface area contributed by atoms with Gasteiger partial charge in [0.1, 0.15) is 0 Å². The van der Waals surface area contributed by atoms with Gasteiger partial charge >= 0.3 is 0 Å². The summed E-state index contributed by atoms with van der Waals surface area (Å²) in [6.07, 6.45) is 7.78. The van der Waals surface area contributed by atoms with Crippen molar-refractivity contribution in [3.63, 3.8) is 0 Å². The smallest absolute Gasteiger partial charge is 0.231 e. The molecule has 27 heavy (non-hydrogen) atoms. The molecule has 150 valence electrons. The lowest BCUT2D eigenvalue weighted by atomic mass is 9.66. The molecule has 1 saturated heterocycles. The number of amides is 1. The molecule has 1 spiro atoms. The van der Waals surface area contributed by atoms with Gasteiger partial charge in [-0.25, -0.2) is 0 Å². The van der Waals surface area contributed by atoms with Crippen molar-refractivity contribution < 1.29 is 9.53 Å². The third-order valence-corrected chi connectivity index (χ3v) is 8.90. The van der Waals surface area contributed by atoms with E-state index in [9.17, 15) is 4.79 Å². The average Bonchev–Trinajstić information content (AvgIpc) is 3.11. The quantitative estimate of drug-likeness (QED) is 0.722. The predicted molar refractivity (Wildman–Crippen MR) is 110 cm³/mol. The van der Waals surface area contributed by atoms with Crippen LogP contribution >= 0.6 is 22.9 Å². The molecule has 1 aliphatic heterocycles. The second-order valence-corrected chi connectivity index (χ2v) is 10.9. The van der Waals surface area contributed by atoms with Crippen LogP contribution in [0.4, 0.5) is 0 Å². The summed E-state index contributed by atoms with van der Waals surface area (Å²) < 4.78 is 6.20. The van der Waals surface area contributed by atoms with Crippen molar-refractivity contribution in [2.24, 2.45) is 10.8 Å². The molecule has 1 aromatic rings. The van der Waals surface area contributed by atoms with Crippen LogP contribution in [0.3, 0.4) is 0 Å². The molecule has 1 aromatic heterocycles. The SMILES string of the molecule is COCC1(C(=O)N2CCC3(CCC(c4ccc(Cl)s4)(N(C)C)CC3)C2)CC1. The topological polar surface area (TPSA) is 32.8 Å². The van der Waals surface area contributed by atoms with Gasteiger partial charge in [-0.1, -0.05) is 11.6 Å². The van der Waals surface area contributed by atoms with Gasteiger partial charge in [0, 0.05) is 25.1 Å². The number of carbonyl (C=O) groups excluding carboxylic acids is 1. The zero-order valence-electron chi connectivity index (χ0n) is 16.7. The molecule has 2 aliphatic carbocycles. The Balaban J connectivity index is 1.45. The summed E-state index contributed by atoms with van der Waals surface area (Å²) >= 11 is 7.96. The van der Waals surface area contributed by atoms with Gasteiger partial charge in [0.25, 0.3) is 0 Å². The number of methoxy groups -OCH3 is 1. The van der Waals surface area contributed by atoms with E-state index in [1.807, 2.05) is 6.07 Å². The summed E-state index contributed by atoms with van der Waals surface area (Å²) in [6.45, 7) is 2.44. The lowest BCUT2D eigenvalue weighted by Gasteiger charge is -2.48. The Morgan fingerprint density at radius 2 is 1.89 bits per heavy atom. The molecular formula is C21H31ClN2O2S. The predicted octanol–water partition coefficient (Wildman–Crippen LogP) is 4.38.